The van der Waals surface area contributed by atoms with E-state index in [4.69, 9.17) is 4.74 Å². The highest BCUT2D eigenvalue weighted by Gasteiger charge is 2.13. The topological polar surface area (TPSA) is 85.1 Å². The highest BCUT2D eigenvalue weighted by atomic mass is 16.5. The summed E-state index contributed by atoms with van der Waals surface area (Å²) in [5, 5.41) is 16.9. The predicted octanol–water partition coefficient (Wildman–Crippen LogP) is 2.06. The van der Waals surface area contributed by atoms with Crippen LogP contribution >= 0.6 is 0 Å². The molecule has 0 aromatic carbocycles. The lowest BCUT2D eigenvalue weighted by Crippen LogP contribution is -2.22. The Balaban J connectivity index is 2.04. The van der Waals surface area contributed by atoms with Gasteiger partial charge in [0.2, 0.25) is 0 Å². The van der Waals surface area contributed by atoms with Gasteiger partial charge in [-0.1, -0.05) is 13.3 Å². The van der Waals surface area contributed by atoms with Crippen LogP contribution in [-0.2, 0) is 13.7 Å². The smallest absolute Gasteiger partial charge is 0.180 e. The van der Waals surface area contributed by atoms with Crippen molar-refractivity contribution in [1.82, 2.24) is 19.7 Å². The van der Waals surface area contributed by atoms with Crippen LogP contribution in [0.5, 0.6) is 5.75 Å². The molecule has 0 amide bonds. The zero-order chi connectivity index (χ0) is 16.7. The summed E-state index contributed by atoms with van der Waals surface area (Å²) in [6.07, 6.45) is 5.81. The van der Waals surface area contributed by atoms with Crippen molar-refractivity contribution in [2.45, 2.75) is 45.8 Å². The number of rotatable bonds is 9. The SMILES string of the molecule is CCC[C@@H](CCO)Nc1ncncc1OCc1cc(C)n(C)n1. The van der Waals surface area contributed by atoms with Gasteiger partial charge in [0.1, 0.15) is 18.6 Å². The fraction of sp³-hybridized carbons (Fsp3) is 0.562. The summed E-state index contributed by atoms with van der Waals surface area (Å²) in [5.41, 5.74) is 1.94. The van der Waals surface area contributed by atoms with E-state index in [0.717, 1.165) is 24.2 Å². The first-order chi connectivity index (χ1) is 11.1. The molecule has 0 aliphatic carbocycles. The minimum atomic E-state index is 0.145. The maximum Gasteiger partial charge on any atom is 0.180 e. The lowest BCUT2D eigenvalue weighted by atomic mass is 10.1. The monoisotopic (exact) mass is 319 g/mol. The summed E-state index contributed by atoms with van der Waals surface area (Å²) >= 11 is 0. The van der Waals surface area contributed by atoms with Gasteiger partial charge in [-0.3, -0.25) is 4.68 Å². The minimum absolute atomic E-state index is 0.145. The number of aliphatic hydroxyl groups excluding tert-OH is 1. The molecule has 2 aromatic heterocycles. The van der Waals surface area contributed by atoms with Crippen LogP contribution in [0, 0.1) is 6.92 Å². The molecule has 0 bridgehead atoms. The third-order valence-electron chi connectivity index (χ3n) is 3.67. The normalized spacial score (nSPS) is 12.2. The number of aliphatic hydroxyl groups is 1. The maximum absolute atomic E-state index is 9.18. The van der Waals surface area contributed by atoms with E-state index in [1.54, 1.807) is 6.20 Å². The summed E-state index contributed by atoms with van der Waals surface area (Å²) < 4.78 is 7.64. The van der Waals surface area contributed by atoms with E-state index < -0.39 is 0 Å². The van der Waals surface area contributed by atoms with Crippen molar-refractivity contribution in [1.29, 1.82) is 0 Å². The average molecular weight is 319 g/mol. The summed E-state index contributed by atoms with van der Waals surface area (Å²) in [6.45, 7) is 4.63. The molecule has 0 unspecified atom stereocenters. The lowest BCUT2D eigenvalue weighted by Gasteiger charge is -2.19. The molecule has 0 fully saturated rings. The van der Waals surface area contributed by atoms with Crippen LogP contribution in [0.4, 0.5) is 5.82 Å². The number of hydrogen-bond acceptors (Lipinski definition) is 6. The highest BCUT2D eigenvalue weighted by Crippen LogP contribution is 2.23. The molecule has 0 spiro atoms. The fourth-order valence-electron chi connectivity index (χ4n) is 2.37. The van der Waals surface area contributed by atoms with Crippen LogP contribution < -0.4 is 10.1 Å². The van der Waals surface area contributed by atoms with Crippen LogP contribution in [0.3, 0.4) is 0 Å². The van der Waals surface area contributed by atoms with Gasteiger partial charge in [-0.25, -0.2) is 9.97 Å². The molecule has 0 saturated carbocycles. The number of aryl methyl sites for hydroxylation is 2. The van der Waals surface area contributed by atoms with Crippen LogP contribution in [0.2, 0.25) is 0 Å². The summed E-state index contributed by atoms with van der Waals surface area (Å²) in [4.78, 5) is 8.29. The quantitative estimate of drug-likeness (QED) is 0.736. The number of hydrogen-bond donors (Lipinski definition) is 2. The van der Waals surface area contributed by atoms with Crippen LogP contribution in [0.25, 0.3) is 0 Å². The van der Waals surface area contributed by atoms with Crippen molar-refractivity contribution in [2.24, 2.45) is 7.05 Å². The molecular weight excluding hydrogens is 294 g/mol. The van der Waals surface area contributed by atoms with Crippen molar-refractivity contribution in [3.8, 4) is 5.75 Å². The molecule has 2 rings (SSSR count). The van der Waals surface area contributed by atoms with E-state index in [1.807, 2.05) is 24.7 Å². The first kappa shape index (κ1) is 17.2. The Morgan fingerprint density at radius 2 is 2.22 bits per heavy atom. The van der Waals surface area contributed by atoms with Gasteiger partial charge in [-0.2, -0.15) is 5.10 Å². The first-order valence-electron chi connectivity index (χ1n) is 7.93. The van der Waals surface area contributed by atoms with Crippen molar-refractivity contribution in [2.75, 3.05) is 11.9 Å². The minimum Gasteiger partial charge on any atom is -0.482 e. The zero-order valence-corrected chi connectivity index (χ0v) is 14.0. The summed E-state index contributed by atoms with van der Waals surface area (Å²) in [7, 11) is 1.90. The first-order valence-corrected chi connectivity index (χ1v) is 7.93. The number of ether oxygens (including phenoxy) is 1. The molecule has 2 heterocycles. The number of anilines is 1. The Hall–Kier alpha value is -2.15. The van der Waals surface area contributed by atoms with E-state index in [0.29, 0.717) is 24.6 Å². The molecule has 7 nitrogen and oxygen atoms in total. The fourth-order valence-corrected chi connectivity index (χ4v) is 2.37. The summed E-state index contributed by atoms with van der Waals surface area (Å²) in [6, 6.07) is 2.15. The second kappa shape index (κ2) is 8.47. The van der Waals surface area contributed by atoms with Gasteiger partial charge in [0, 0.05) is 25.4 Å². The molecule has 0 aliphatic rings. The molecule has 1 atom stereocenters. The van der Waals surface area contributed by atoms with Crippen molar-refractivity contribution in [3.63, 3.8) is 0 Å². The van der Waals surface area contributed by atoms with Gasteiger partial charge in [0.05, 0.1) is 6.20 Å². The highest BCUT2D eigenvalue weighted by molar-refractivity contribution is 5.48. The second-order valence-corrected chi connectivity index (χ2v) is 5.57. The maximum atomic E-state index is 9.18. The molecule has 126 valence electrons. The zero-order valence-electron chi connectivity index (χ0n) is 14.0. The summed E-state index contributed by atoms with van der Waals surface area (Å²) in [5.74, 6) is 1.24. The molecule has 0 aliphatic heterocycles. The van der Waals surface area contributed by atoms with E-state index in [9.17, 15) is 5.11 Å². The van der Waals surface area contributed by atoms with Crippen LogP contribution in [0.15, 0.2) is 18.6 Å². The van der Waals surface area contributed by atoms with Crippen molar-refractivity contribution in [3.05, 3.63) is 30.0 Å². The Labute approximate surface area is 136 Å². The Bertz CT molecular complexity index is 589. The Morgan fingerprint density at radius 1 is 1.39 bits per heavy atom. The van der Waals surface area contributed by atoms with Gasteiger partial charge in [-0.15, -0.1) is 0 Å². The molecule has 23 heavy (non-hydrogen) atoms. The van der Waals surface area contributed by atoms with Gasteiger partial charge in [0.25, 0.3) is 0 Å². The van der Waals surface area contributed by atoms with Gasteiger partial charge < -0.3 is 15.2 Å². The van der Waals surface area contributed by atoms with Gasteiger partial charge in [-0.05, 0) is 25.8 Å². The van der Waals surface area contributed by atoms with Gasteiger partial charge >= 0.3 is 0 Å². The molecule has 0 saturated heterocycles. The van der Waals surface area contributed by atoms with E-state index >= 15 is 0 Å². The molecule has 2 N–H and O–H groups in total. The predicted molar refractivity (Wildman–Crippen MR) is 88.3 cm³/mol. The standard InChI is InChI=1S/C16H25N5O2/c1-4-5-13(6-7-22)19-16-15(9-17-11-18-16)23-10-14-8-12(2)21(3)20-14/h8-9,11,13,22H,4-7,10H2,1-3H3,(H,17,18,19)/t13-/m0/s1. The number of aromatic nitrogens is 4. The lowest BCUT2D eigenvalue weighted by molar-refractivity contribution is 0.275. The Morgan fingerprint density at radius 3 is 2.87 bits per heavy atom. The third kappa shape index (κ3) is 4.92. The number of nitrogens with zero attached hydrogens (tertiary/aromatic N) is 4. The van der Waals surface area contributed by atoms with E-state index in [2.05, 4.69) is 27.3 Å². The molecule has 0 radical (unpaired) electrons. The average Bonchev–Trinajstić information content (AvgIpc) is 2.85. The molecular formula is C16H25N5O2. The molecule has 7 heteroatoms. The van der Waals surface area contributed by atoms with Crippen molar-refractivity contribution < 1.29 is 9.84 Å². The Kier molecular flexibility index (Phi) is 6.34. The van der Waals surface area contributed by atoms with Crippen LogP contribution in [0.1, 0.15) is 37.6 Å². The molecule has 2 aromatic rings. The van der Waals surface area contributed by atoms with Crippen LogP contribution in [-0.4, -0.2) is 37.5 Å². The van der Waals surface area contributed by atoms with Crippen molar-refractivity contribution >= 4 is 5.82 Å². The third-order valence-corrected chi connectivity index (χ3v) is 3.67. The van der Waals surface area contributed by atoms with Gasteiger partial charge in [0.15, 0.2) is 11.6 Å². The largest absolute Gasteiger partial charge is 0.482 e. The number of nitrogens with one attached hydrogen (secondary N) is 1. The van der Waals surface area contributed by atoms with E-state index in [1.165, 1.54) is 6.33 Å². The van der Waals surface area contributed by atoms with E-state index in [-0.39, 0.29) is 12.6 Å². The second-order valence-electron chi connectivity index (χ2n) is 5.57.